The molecular weight excluding hydrogens is 338 g/mol. The Morgan fingerprint density at radius 1 is 1.04 bits per heavy atom. The number of carbonyl (C=O) groups excluding carboxylic acids is 1. The zero-order valence-corrected chi connectivity index (χ0v) is 14.7. The van der Waals surface area contributed by atoms with Gasteiger partial charge in [-0.05, 0) is 36.2 Å². The molecule has 0 bridgehead atoms. The molecule has 0 spiro atoms. The van der Waals surface area contributed by atoms with Gasteiger partial charge in [0, 0.05) is 6.54 Å². The van der Waals surface area contributed by atoms with E-state index in [0.29, 0.717) is 35.8 Å². The molecule has 26 heavy (non-hydrogen) atoms. The second-order valence-electron chi connectivity index (χ2n) is 5.37. The van der Waals surface area contributed by atoms with Crippen molar-refractivity contribution in [1.82, 2.24) is 5.32 Å². The second-order valence-corrected chi connectivity index (χ2v) is 5.37. The summed E-state index contributed by atoms with van der Waals surface area (Å²) in [5.41, 5.74) is 1.40. The number of carbonyl (C=O) groups is 2. The number of rotatable bonds is 9. The van der Waals surface area contributed by atoms with Crippen LogP contribution >= 0.6 is 0 Å². The van der Waals surface area contributed by atoms with E-state index in [1.165, 1.54) is 14.2 Å². The molecule has 0 saturated heterocycles. The van der Waals surface area contributed by atoms with Gasteiger partial charge in [0.1, 0.15) is 5.75 Å². The van der Waals surface area contributed by atoms with Crippen molar-refractivity contribution in [2.45, 2.75) is 6.42 Å². The lowest BCUT2D eigenvalue weighted by Crippen LogP contribution is -2.26. The average molecular weight is 359 g/mol. The van der Waals surface area contributed by atoms with E-state index in [1.807, 2.05) is 12.1 Å². The number of amides is 1. The average Bonchev–Trinajstić information content (AvgIpc) is 2.66. The Hall–Kier alpha value is -3.22. The van der Waals surface area contributed by atoms with Gasteiger partial charge in [-0.2, -0.15) is 0 Å². The minimum atomic E-state index is -1.02. The Morgan fingerprint density at radius 3 is 2.38 bits per heavy atom. The highest BCUT2D eigenvalue weighted by molar-refractivity contribution is 5.97. The minimum Gasteiger partial charge on any atom is -0.493 e. The molecule has 7 heteroatoms. The van der Waals surface area contributed by atoms with E-state index in [2.05, 4.69) is 5.32 Å². The molecule has 0 aliphatic heterocycles. The van der Waals surface area contributed by atoms with Crippen molar-refractivity contribution < 1.29 is 28.9 Å². The molecule has 0 saturated carbocycles. The smallest absolute Gasteiger partial charge is 0.341 e. The van der Waals surface area contributed by atoms with Gasteiger partial charge in [0.2, 0.25) is 0 Å². The molecule has 0 radical (unpaired) electrons. The van der Waals surface area contributed by atoms with Crippen molar-refractivity contribution in [2.24, 2.45) is 0 Å². The van der Waals surface area contributed by atoms with Crippen molar-refractivity contribution in [3.63, 3.8) is 0 Å². The molecule has 1 amide bonds. The number of hydrogen-bond donors (Lipinski definition) is 2. The van der Waals surface area contributed by atoms with Gasteiger partial charge in [-0.3, -0.25) is 4.79 Å². The van der Waals surface area contributed by atoms with Crippen LogP contribution in [0.4, 0.5) is 0 Å². The summed E-state index contributed by atoms with van der Waals surface area (Å²) in [6.07, 6.45) is 0.622. The number of para-hydroxylation sites is 1. The number of nitrogens with one attached hydrogen (secondary N) is 1. The van der Waals surface area contributed by atoms with Gasteiger partial charge in [-0.1, -0.05) is 18.2 Å². The maximum atomic E-state index is 12.4. The van der Waals surface area contributed by atoms with Crippen LogP contribution in [0.15, 0.2) is 42.5 Å². The number of hydrogen-bond acceptors (Lipinski definition) is 5. The fraction of sp³-hybridized carbons (Fsp3) is 0.263. The number of benzene rings is 2. The lowest BCUT2D eigenvalue weighted by atomic mass is 10.1. The zero-order valence-electron chi connectivity index (χ0n) is 14.7. The number of aliphatic carboxylic acids is 1. The fourth-order valence-corrected chi connectivity index (χ4v) is 2.38. The van der Waals surface area contributed by atoms with E-state index in [1.54, 1.807) is 30.3 Å². The number of carboxylic acid groups (broad SMARTS) is 1. The third-order valence-electron chi connectivity index (χ3n) is 3.63. The van der Waals surface area contributed by atoms with Crippen LogP contribution in [0.5, 0.6) is 17.2 Å². The quantitative estimate of drug-likeness (QED) is 0.712. The third-order valence-corrected chi connectivity index (χ3v) is 3.63. The predicted molar refractivity (Wildman–Crippen MR) is 95.2 cm³/mol. The number of ether oxygens (including phenoxy) is 3. The van der Waals surface area contributed by atoms with Crippen molar-refractivity contribution in [3.05, 3.63) is 53.6 Å². The van der Waals surface area contributed by atoms with E-state index >= 15 is 0 Å². The molecule has 0 fully saturated rings. The Balaban J connectivity index is 1.89. The Bertz CT molecular complexity index is 757. The van der Waals surface area contributed by atoms with Crippen LogP contribution in [0.1, 0.15) is 15.9 Å². The summed E-state index contributed by atoms with van der Waals surface area (Å²) >= 11 is 0. The van der Waals surface area contributed by atoms with Crippen LogP contribution in [-0.4, -0.2) is 44.4 Å². The first-order valence-corrected chi connectivity index (χ1v) is 7.98. The first-order chi connectivity index (χ1) is 12.5. The van der Waals surface area contributed by atoms with Crippen LogP contribution in [0, 0.1) is 0 Å². The van der Waals surface area contributed by atoms with Crippen LogP contribution < -0.4 is 19.5 Å². The van der Waals surface area contributed by atoms with Crippen LogP contribution in [0.25, 0.3) is 0 Å². The first-order valence-electron chi connectivity index (χ1n) is 7.98. The molecule has 2 aromatic rings. The van der Waals surface area contributed by atoms with Gasteiger partial charge in [0.05, 0.1) is 19.8 Å². The third kappa shape index (κ3) is 5.14. The van der Waals surface area contributed by atoms with E-state index in [0.717, 1.165) is 5.56 Å². The molecule has 2 N–H and O–H groups in total. The van der Waals surface area contributed by atoms with Crippen LogP contribution in [-0.2, 0) is 11.2 Å². The van der Waals surface area contributed by atoms with E-state index in [-0.39, 0.29) is 12.5 Å². The van der Waals surface area contributed by atoms with Crippen LogP contribution in [0.2, 0.25) is 0 Å². The number of methoxy groups -OCH3 is 2. The summed E-state index contributed by atoms with van der Waals surface area (Å²) in [6.45, 7) is 0.0618. The molecule has 0 aliphatic rings. The Kier molecular flexibility index (Phi) is 6.84. The summed E-state index contributed by atoms with van der Waals surface area (Å²) in [6, 6.07) is 12.2. The molecule has 0 aromatic heterocycles. The molecule has 0 unspecified atom stereocenters. The van der Waals surface area contributed by atoms with E-state index in [4.69, 9.17) is 19.3 Å². The molecule has 2 rings (SSSR count). The van der Waals surface area contributed by atoms with Gasteiger partial charge in [-0.25, -0.2) is 4.79 Å². The topological polar surface area (TPSA) is 94.1 Å². The van der Waals surface area contributed by atoms with Gasteiger partial charge >= 0.3 is 5.97 Å². The normalized spacial score (nSPS) is 10.1. The highest BCUT2D eigenvalue weighted by atomic mass is 16.5. The van der Waals surface area contributed by atoms with Crippen molar-refractivity contribution in [3.8, 4) is 17.2 Å². The maximum Gasteiger partial charge on any atom is 0.341 e. The highest BCUT2D eigenvalue weighted by Crippen LogP contribution is 2.30. The van der Waals surface area contributed by atoms with E-state index < -0.39 is 5.97 Å². The maximum absolute atomic E-state index is 12.4. The van der Waals surface area contributed by atoms with Crippen molar-refractivity contribution in [1.29, 1.82) is 0 Å². The first kappa shape index (κ1) is 19.1. The van der Waals surface area contributed by atoms with Gasteiger partial charge < -0.3 is 24.6 Å². The van der Waals surface area contributed by atoms with Crippen LogP contribution in [0.3, 0.4) is 0 Å². The van der Waals surface area contributed by atoms with Gasteiger partial charge in [0.25, 0.3) is 5.91 Å². The number of carboxylic acids is 1. The van der Waals surface area contributed by atoms with Crippen molar-refractivity contribution >= 4 is 11.9 Å². The molecule has 7 nitrogen and oxygen atoms in total. The summed E-state index contributed by atoms with van der Waals surface area (Å²) < 4.78 is 15.5. The standard InChI is InChI=1S/C19H21NO6/c1-24-16-5-3-4-15(18(16)25-2)19(23)20-11-10-13-6-8-14(9-7-13)26-12-17(21)22/h3-9H,10-12H2,1-2H3,(H,20,23)(H,21,22). The summed E-state index contributed by atoms with van der Waals surface area (Å²) in [4.78, 5) is 22.8. The molecule has 0 aliphatic carbocycles. The molecule has 0 atom stereocenters. The predicted octanol–water partition coefficient (Wildman–Crippen LogP) is 2.14. The minimum absolute atomic E-state index is 0.248. The lowest BCUT2D eigenvalue weighted by Gasteiger charge is -2.12. The largest absolute Gasteiger partial charge is 0.493 e. The van der Waals surface area contributed by atoms with Gasteiger partial charge in [0.15, 0.2) is 18.1 Å². The SMILES string of the molecule is COc1cccc(C(=O)NCCc2ccc(OCC(=O)O)cc2)c1OC. The lowest BCUT2D eigenvalue weighted by molar-refractivity contribution is -0.139. The Labute approximate surface area is 151 Å². The molecular formula is C19H21NO6. The van der Waals surface area contributed by atoms with Gasteiger partial charge in [-0.15, -0.1) is 0 Å². The summed E-state index contributed by atoms with van der Waals surface area (Å²) in [7, 11) is 3.01. The van der Waals surface area contributed by atoms with E-state index in [9.17, 15) is 9.59 Å². The summed E-state index contributed by atoms with van der Waals surface area (Å²) in [5.74, 6) is 0.109. The van der Waals surface area contributed by atoms with Crippen molar-refractivity contribution in [2.75, 3.05) is 27.4 Å². The Morgan fingerprint density at radius 2 is 1.77 bits per heavy atom. The highest BCUT2D eigenvalue weighted by Gasteiger charge is 2.15. The molecule has 0 heterocycles. The fourth-order valence-electron chi connectivity index (χ4n) is 2.38. The summed E-state index contributed by atoms with van der Waals surface area (Å²) in [5, 5.41) is 11.4. The zero-order chi connectivity index (χ0) is 18.9. The second kappa shape index (κ2) is 9.31. The molecule has 2 aromatic carbocycles. The molecule has 138 valence electrons. The monoisotopic (exact) mass is 359 g/mol.